The van der Waals surface area contributed by atoms with E-state index in [4.69, 9.17) is 0 Å². The van der Waals surface area contributed by atoms with Crippen molar-refractivity contribution in [1.29, 1.82) is 0 Å². The van der Waals surface area contributed by atoms with E-state index in [1.807, 2.05) is 11.9 Å². The zero-order chi connectivity index (χ0) is 15.4. The number of aliphatic hydroxyl groups excluding tert-OH is 1. The number of aromatic nitrogens is 3. The van der Waals surface area contributed by atoms with Crippen LogP contribution in [0.3, 0.4) is 0 Å². The molecule has 1 atom stereocenters. The van der Waals surface area contributed by atoms with E-state index < -0.39 is 11.0 Å². The molecule has 8 nitrogen and oxygen atoms in total. The molecule has 0 amide bonds. The molecule has 1 N–H and O–H groups in total. The van der Waals surface area contributed by atoms with Gasteiger partial charge in [-0.2, -0.15) is 5.10 Å². The highest BCUT2D eigenvalue weighted by atomic mass is 16.6. The molecule has 2 rings (SSSR count). The lowest BCUT2D eigenvalue weighted by Crippen LogP contribution is -2.25. The van der Waals surface area contributed by atoms with Crippen LogP contribution in [0.1, 0.15) is 17.5 Å². The van der Waals surface area contributed by atoms with Crippen LogP contribution >= 0.6 is 0 Å². The van der Waals surface area contributed by atoms with Gasteiger partial charge < -0.3 is 5.11 Å². The highest BCUT2D eigenvalue weighted by Crippen LogP contribution is 2.20. The second-order valence-corrected chi connectivity index (χ2v) is 4.86. The fourth-order valence-electron chi connectivity index (χ4n) is 2.02. The highest BCUT2D eigenvalue weighted by molar-refractivity contribution is 5.35. The van der Waals surface area contributed by atoms with Gasteiger partial charge in [-0.15, -0.1) is 0 Å². The van der Waals surface area contributed by atoms with Crippen molar-refractivity contribution in [2.75, 3.05) is 13.6 Å². The average molecular weight is 291 g/mol. The number of hydrogen-bond donors (Lipinski definition) is 1. The van der Waals surface area contributed by atoms with E-state index >= 15 is 0 Å². The van der Waals surface area contributed by atoms with E-state index in [9.17, 15) is 15.2 Å². The normalized spacial score (nSPS) is 12.6. The first-order chi connectivity index (χ1) is 9.97. The Morgan fingerprint density at radius 3 is 2.90 bits per heavy atom. The van der Waals surface area contributed by atoms with Crippen LogP contribution in [0.15, 0.2) is 30.6 Å². The van der Waals surface area contributed by atoms with Crippen LogP contribution in [-0.2, 0) is 13.6 Å². The Balaban J connectivity index is 2.00. The summed E-state index contributed by atoms with van der Waals surface area (Å²) in [4.78, 5) is 16.3. The molecule has 8 heteroatoms. The van der Waals surface area contributed by atoms with Gasteiger partial charge in [-0.3, -0.25) is 19.7 Å². The first kappa shape index (κ1) is 15.1. The van der Waals surface area contributed by atoms with Crippen molar-refractivity contribution >= 4 is 5.69 Å². The van der Waals surface area contributed by atoms with Gasteiger partial charge in [0.2, 0.25) is 0 Å². The number of nitrogens with zero attached hydrogens (tertiary/aromatic N) is 5. The Labute approximate surface area is 121 Å². The highest BCUT2D eigenvalue weighted by Gasteiger charge is 2.15. The molecule has 21 heavy (non-hydrogen) atoms. The van der Waals surface area contributed by atoms with Gasteiger partial charge in [0.15, 0.2) is 0 Å². The standard InChI is InChI=1S/C13H17N5O3/c1-16(8-13-14-9-15-17(13)2)7-12(19)10-4-3-5-11(6-10)18(20)21/h3-6,9,12,19H,7-8H2,1-2H3. The van der Waals surface area contributed by atoms with E-state index in [0.717, 1.165) is 5.82 Å². The van der Waals surface area contributed by atoms with Crippen molar-refractivity contribution in [2.24, 2.45) is 7.05 Å². The maximum atomic E-state index is 10.7. The van der Waals surface area contributed by atoms with E-state index in [1.165, 1.54) is 18.5 Å². The monoisotopic (exact) mass is 291 g/mol. The van der Waals surface area contributed by atoms with Crippen LogP contribution in [0, 0.1) is 10.1 Å². The lowest BCUT2D eigenvalue weighted by atomic mass is 10.1. The lowest BCUT2D eigenvalue weighted by molar-refractivity contribution is -0.385. The third kappa shape index (κ3) is 3.83. The van der Waals surface area contributed by atoms with Crippen LogP contribution < -0.4 is 0 Å². The topological polar surface area (TPSA) is 97.3 Å². The molecule has 0 aliphatic rings. The molecule has 0 saturated carbocycles. The van der Waals surface area contributed by atoms with E-state index in [-0.39, 0.29) is 5.69 Å². The molecule has 2 aromatic rings. The number of aliphatic hydroxyl groups is 1. The Morgan fingerprint density at radius 1 is 1.52 bits per heavy atom. The molecule has 1 aromatic carbocycles. The van der Waals surface area contributed by atoms with Crippen LogP contribution in [0.5, 0.6) is 0 Å². The molecule has 1 heterocycles. The maximum absolute atomic E-state index is 10.7. The summed E-state index contributed by atoms with van der Waals surface area (Å²) in [6.07, 6.45) is 0.670. The minimum atomic E-state index is -0.803. The Morgan fingerprint density at radius 2 is 2.29 bits per heavy atom. The van der Waals surface area contributed by atoms with Crippen molar-refractivity contribution in [3.63, 3.8) is 0 Å². The number of aryl methyl sites for hydroxylation is 1. The molecule has 0 radical (unpaired) electrons. The first-order valence-corrected chi connectivity index (χ1v) is 6.41. The SMILES string of the molecule is CN(Cc1ncnn1C)CC(O)c1cccc([N+](=O)[O-])c1. The van der Waals surface area contributed by atoms with E-state index in [1.54, 1.807) is 23.9 Å². The minimum absolute atomic E-state index is 0.0255. The zero-order valence-corrected chi connectivity index (χ0v) is 11.9. The zero-order valence-electron chi connectivity index (χ0n) is 11.9. The molecule has 0 aliphatic heterocycles. The van der Waals surface area contributed by atoms with Gasteiger partial charge in [-0.05, 0) is 12.6 Å². The van der Waals surface area contributed by atoms with Crippen LogP contribution in [0.2, 0.25) is 0 Å². The summed E-state index contributed by atoms with van der Waals surface area (Å²) >= 11 is 0. The Hall–Kier alpha value is -2.32. The smallest absolute Gasteiger partial charge is 0.269 e. The Bertz CT molecular complexity index is 628. The second-order valence-electron chi connectivity index (χ2n) is 4.86. The number of nitro groups is 1. The number of rotatable bonds is 6. The Kier molecular flexibility index (Phi) is 4.61. The van der Waals surface area contributed by atoms with Crippen molar-refractivity contribution < 1.29 is 10.0 Å². The fraction of sp³-hybridized carbons (Fsp3) is 0.385. The predicted molar refractivity (Wildman–Crippen MR) is 75.4 cm³/mol. The maximum Gasteiger partial charge on any atom is 0.269 e. The molecule has 112 valence electrons. The first-order valence-electron chi connectivity index (χ1n) is 6.41. The molecule has 0 spiro atoms. The summed E-state index contributed by atoms with van der Waals surface area (Å²) in [5.74, 6) is 0.781. The van der Waals surface area contributed by atoms with Gasteiger partial charge in [0.05, 0.1) is 17.6 Å². The van der Waals surface area contributed by atoms with Crippen molar-refractivity contribution in [3.8, 4) is 0 Å². The molecular weight excluding hydrogens is 274 g/mol. The molecule has 0 bridgehead atoms. The third-order valence-corrected chi connectivity index (χ3v) is 3.17. The van der Waals surface area contributed by atoms with E-state index in [0.29, 0.717) is 18.7 Å². The third-order valence-electron chi connectivity index (χ3n) is 3.17. The van der Waals surface area contributed by atoms with Crippen LogP contribution in [0.25, 0.3) is 0 Å². The summed E-state index contributed by atoms with van der Waals surface area (Å²) < 4.78 is 1.66. The fourth-order valence-corrected chi connectivity index (χ4v) is 2.02. The molecule has 0 aliphatic carbocycles. The minimum Gasteiger partial charge on any atom is -0.387 e. The lowest BCUT2D eigenvalue weighted by Gasteiger charge is -2.20. The van der Waals surface area contributed by atoms with Crippen LogP contribution in [0.4, 0.5) is 5.69 Å². The van der Waals surface area contributed by atoms with Crippen LogP contribution in [-0.4, -0.2) is 43.3 Å². The number of non-ortho nitro benzene ring substituents is 1. The van der Waals surface area contributed by atoms with Gasteiger partial charge in [-0.25, -0.2) is 4.98 Å². The average Bonchev–Trinajstić information content (AvgIpc) is 2.84. The van der Waals surface area contributed by atoms with Gasteiger partial charge in [-0.1, -0.05) is 12.1 Å². The number of benzene rings is 1. The van der Waals surface area contributed by atoms with Gasteiger partial charge in [0.25, 0.3) is 5.69 Å². The summed E-state index contributed by atoms with van der Waals surface area (Å²) in [5.41, 5.74) is 0.497. The summed E-state index contributed by atoms with van der Waals surface area (Å²) in [7, 11) is 3.64. The molecular formula is C13H17N5O3. The number of nitro benzene ring substituents is 1. The van der Waals surface area contributed by atoms with Gasteiger partial charge >= 0.3 is 0 Å². The molecule has 0 saturated heterocycles. The largest absolute Gasteiger partial charge is 0.387 e. The quantitative estimate of drug-likeness (QED) is 0.627. The van der Waals surface area contributed by atoms with E-state index in [2.05, 4.69) is 10.1 Å². The van der Waals surface area contributed by atoms with Gasteiger partial charge in [0.1, 0.15) is 12.2 Å². The van der Waals surface area contributed by atoms with Crippen molar-refractivity contribution in [2.45, 2.75) is 12.6 Å². The summed E-state index contributed by atoms with van der Waals surface area (Å²) in [6.45, 7) is 0.872. The van der Waals surface area contributed by atoms with Crippen molar-refractivity contribution in [1.82, 2.24) is 19.7 Å². The predicted octanol–water partition coefficient (Wildman–Crippen LogP) is 0.889. The molecule has 1 aromatic heterocycles. The number of hydrogen-bond acceptors (Lipinski definition) is 6. The van der Waals surface area contributed by atoms with Crippen molar-refractivity contribution in [3.05, 3.63) is 52.1 Å². The molecule has 0 fully saturated rings. The number of likely N-dealkylation sites (N-methyl/N-ethyl adjacent to an activating group) is 1. The molecule has 1 unspecified atom stereocenters. The second kappa shape index (κ2) is 6.42. The summed E-state index contributed by atoms with van der Waals surface area (Å²) in [6, 6.07) is 6.04. The summed E-state index contributed by atoms with van der Waals surface area (Å²) in [5, 5.41) is 24.9. The van der Waals surface area contributed by atoms with Gasteiger partial charge in [0, 0.05) is 25.7 Å².